The number of nitrogen functional groups attached to an aromatic ring is 1. The summed E-state index contributed by atoms with van der Waals surface area (Å²) < 4.78 is 1.51. The van der Waals surface area contributed by atoms with E-state index in [-0.39, 0.29) is 17.3 Å². The molecular weight excluding hydrogens is 410 g/mol. The molecule has 0 bridgehead atoms. The Morgan fingerprint density at radius 3 is 2.57 bits per heavy atom. The Balaban J connectivity index is 1.42. The van der Waals surface area contributed by atoms with Gasteiger partial charge in [0.05, 0.1) is 27.5 Å². The second-order valence-electron chi connectivity index (χ2n) is 6.82. The molecule has 10 nitrogen and oxygen atoms in total. The van der Waals surface area contributed by atoms with Crippen LogP contribution >= 0.6 is 11.6 Å². The lowest BCUT2D eigenvalue weighted by Crippen LogP contribution is -2.49. The third-order valence-corrected chi connectivity index (χ3v) is 5.20. The fourth-order valence-corrected chi connectivity index (χ4v) is 3.63. The Labute approximate surface area is 176 Å². The highest BCUT2D eigenvalue weighted by atomic mass is 35.5. The number of nitrogens with zero attached hydrogens (tertiary/aromatic N) is 6. The van der Waals surface area contributed by atoms with Crippen molar-refractivity contribution in [3.63, 3.8) is 0 Å². The molecule has 154 valence electrons. The van der Waals surface area contributed by atoms with E-state index in [0.717, 1.165) is 5.69 Å². The van der Waals surface area contributed by atoms with E-state index in [1.807, 2.05) is 11.0 Å². The molecule has 11 heteroatoms. The maximum Gasteiger partial charge on any atom is 0.276 e. The molecule has 2 N–H and O–H groups in total. The Morgan fingerprint density at radius 1 is 1.13 bits per heavy atom. The van der Waals surface area contributed by atoms with Crippen molar-refractivity contribution in [1.29, 1.82) is 0 Å². The number of carbonyl (C=O) groups is 1. The van der Waals surface area contributed by atoms with Crippen molar-refractivity contribution in [1.82, 2.24) is 19.9 Å². The number of hydrogen-bond donors (Lipinski definition) is 1. The van der Waals surface area contributed by atoms with Crippen molar-refractivity contribution >= 4 is 34.6 Å². The highest BCUT2D eigenvalue weighted by Gasteiger charge is 2.25. The molecule has 0 aliphatic carbocycles. The van der Waals surface area contributed by atoms with Gasteiger partial charge in [-0.15, -0.1) is 5.10 Å². The molecule has 0 unspecified atom stereocenters. The van der Waals surface area contributed by atoms with Crippen LogP contribution in [0.2, 0.25) is 5.02 Å². The van der Waals surface area contributed by atoms with Gasteiger partial charge in [-0.1, -0.05) is 22.9 Å². The number of rotatable bonds is 4. The van der Waals surface area contributed by atoms with Crippen LogP contribution in [-0.4, -0.2) is 56.9 Å². The van der Waals surface area contributed by atoms with Crippen molar-refractivity contribution in [3.8, 4) is 5.69 Å². The SMILES string of the molecule is Nc1cccc(-n2cc(C(=O)N3CCN(c4ccc([N+](=O)[O-])cc4Cl)CC3)nn2)c1. The standard InChI is InChI=1S/C19H18ClN7O3/c20-16-11-15(27(29)30)4-5-18(16)24-6-8-25(9-7-24)19(28)17-12-26(23-22-17)14-3-1-2-13(21)10-14/h1-5,10-12H,6-9,21H2. The number of nitro groups is 1. The number of aromatic nitrogens is 3. The van der Waals surface area contributed by atoms with Crippen LogP contribution < -0.4 is 10.6 Å². The third kappa shape index (κ3) is 3.90. The summed E-state index contributed by atoms with van der Waals surface area (Å²) in [5.41, 5.74) is 8.01. The van der Waals surface area contributed by atoms with Crippen LogP contribution in [0, 0.1) is 10.1 Å². The number of hydrogen-bond acceptors (Lipinski definition) is 7. The van der Waals surface area contributed by atoms with Gasteiger partial charge in [0.1, 0.15) is 0 Å². The van der Waals surface area contributed by atoms with E-state index < -0.39 is 4.92 Å². The van der Waals surface area contributed by atoms with Crippen LogP contribution in [0.25, 0.3) is 5.69 Å². The average Bonchev–Trinajstić information content (AvgIpc) is 3.23. The molecule has 1 saturated heterocycles. The van der Waals surface area contributed by atoms with Gasteiger partial charge in [-0.25, -0.2) is 4.68 Å². The zero-order chi connectivity index (χ0) is 21.3. The molecule has 1 aliphatic heterocycles. The Bertz CT molecular complexity index is 1110. The number of nitro benzene ring substituents is 1. The second kappa shape index (κ2) is 7.99. The molecule has 1 amide bonds. The van der Waals surface area contributed by atoms with Crippen molar-refractivity contribution in [2.24, 2.45) is 0 Å². The van der Waals surface area contributed by atoms with E-state index in [0.29, 0.717) is 42.6 Å². The van der Waals surface area contributed by atoms with Gasteiger partial charge in [0.15, 0.2) is 5.69 Å². The molecule has 4 rings (SSSR count). The van der Waals surface area contributed by atoms with Crippen LogP contribution in [0.15, 0.2) is 48.7 Å². The molecule has 0 saturated carbocycles. The second-order valence-corrected chi connectivity index (χ2v) is 7.22. The molecule has 0 atom stereocenters. The lowest BCUT2D eigenvalue weighted by Gasteiger charge is -2.36. The minimum absolute atomic E-state index is 0.0548. The summed E-state index contributed by atoms with van der Waals surface area (Å²) >= 11 is 6.22. The quantitative estimate of drug-likeness (QED) is 0.385. The van der Waals surface area contributed by atoms with Crippen LogP contribution in [-0.2, 0) is 0 Å². The number of amides is 1. The molecular formula is C19H18ClN7O3. The number of piperazine rings is 1. The minimum atomic E-state index is -0.483. The first-order valence-corrected chi connectivity index (χ1v) is 9.56. The van der Waals surface area contributed by atoms with E-state index in [4.69, 9.17) is 17.3 Å². The van der Waals surface area contributed by atoms with Gasteiger partial charge in [0, 0.05) is 44.0 Å². The fourth-order valence-electron chi connectivity index (χ4n) is 3.33. The maximum absolute atomic E-state index is 12.8. The normalized spacial score (nSPS) is 14.0. The molecule has 2 heterocycles. The topological polar surface area (TPSA) is 123 Å². The monoisotopic (exact) mass is 427 g/mol. The smallest absolute Gasteiger partial charge is 0.276 e. The highest BCUT2D eigenvalue weighted by Crippen LogP contribution is 2.30. The summed E-state index contributed by atoms with van der Waals surface area (Å²) in [6.45, 7) is 2.04. The Kier molecular flexibility index (Phi) is 5.23. The number of halogens is 1. The number of benzene rings is 2. The van der Waals surface area contributed by atoms with Gasteiger partial charge in [0.25, 0.3) is 11.6 Å². The van der Waals surface area contributed by atoms with Gasteiger partial charge in [-0.05, 0) is 24.3 Å². The summed E-state index contributed by atoms with van der Waals surface area (Å²) in [6.07, 6.45) is 1.58. The van der Waals surface area contributed by atoms with E-state index >= 15 is 0 Å². The zero-order valence-corrected chi connectivity index (χ0v) is 16.6. The first kappa shape index (κ1) is 19.6. The average molecular weight is 428 g/mol. The number of anilines is 2. The Hall–Kier alpha value is -3.66. The fraction of sp³-hybridized carbons (Fsp3) is 0.211. The lowest BCUT2D eigenvalue weighted by molar-refractivity contribution is -0.384. The molecule has 1 aliphatic rings. The molecule has 1 aromatic heterocycles. The van der Waals surface area contributed by atoms with Crippen molar-refractivity contribution in [2.45, 2.75) is 0 Å². The summed E-state index contributed by atoms with van der Waals surface area (Å²) in [5.74, 6) is -0.209. The van der Waals surface area contributed by atoms with Crippen LogP contribution in [0.3, 0.4) is 0 Å². The van der Waals surface area contributed by atoms with E-state index in [1.165, 1.54) is 16.8 Å². The van der Waals surface area contributed by atoms with Gasteiger partial charge < -0.3 is 15.5 Å². The molecule has 3 aromatic rings. The first-order valence-electron chi connectivity index (χ1n) is 9.19. The predicted molar refractivity (Wildman–Crippen MR) is 112 cm³/mol. The van der Waals surface area contributed by atoms with E-state index in [1.54, 1.807) is 35.4 Å². The molecule has 1 fully saturated rings. The zero-order valence-electron chi connectivity index (χ0n) is 15.8. The summed E-state index contributed by atoms with van der Waals surface area (Å²) in [5, 5.41) is 19.2. The maximum atomic E-state index is 12.8. The number of carbonyl (C=O) groups excluding carboxylic acids is 1. The first-order chi connectivity index (χ1) is 14.4. The van der Waals surface area contributed by atoms with E-state index in [9.17, 15) is 14.9 Å². The summed E-state index contributed by atoms with van der Waals surface area (Å²) in [4.78, 5) is 26.9. The van der Waals surface area contributed by atoms with Gasteiger partial charge in [0.2, 0.25) is 0 Å². The summed E-state index contributed by atoms with van der Waals surface area (Å²) in [7, 11) is 0. The minimum Gasteiger partial charge on any atom is -0.399 e. The predicted octanol–water partition coefficient (Wildman–Crippen LogP) is 2.37. The van der Waals surface area contributed by atoms with Crippen molar-refractivity contribution < 1.29 is 9.72 Å². The lowest BCUT2D eigenvalue weighted by atomic mass is 10.2. The molecule has 0 spiro atoms. The van der Waals surface area contributed by atoms with Crippen LogP contribution in [0.4, 0.5) is 17.1 Å². The summed E-state index contributed by atoms with van der Waals surface area (Å²) in [6, 6.07) is 11.5. The Morgan fingerprint density at radius 2 is 1.90 bits per heavy atom. The largest absolute Gasteiger partial charge is 0.399 e. The van der Waals surface area contributed by atoms with Crippen LogP contribution in [0.5, 0.6) is 0 Å². The molecule has 30 heavy (non-hydrogen) atoms. The van der Waals surface area contributed by atoms with E-state index in [2.05, 4.69) is 10.3 Å². The van der Waals surface area contributed by atoms with Crippen molar-refractivity contribution in [3.05, 3.63) is 69.5 Å². The highest BCUT2D eigenvalue weighted by molar-refractivity contribution is 6.33. The van der Waals surface area contributed by atoms with Crippen LogP contribution in [0.1, 0.15) is 10.5 Å². The van der Waals surface area contributed by atoms with Gasteiger partial charge >= 0.3 is 0 Å². The molecule has 2 aromatic carbocycles. The number of nitrogens with two attached hydrogens (primary N) is 1. The number of non-ortho nitro benzene ring substituents is 1. The van der Waals surface area contributed by atoms with Gasteiger partial charge in [-0.2, -0.15) is 0 Å². The molecule has 0 radical (unpaired) electrons. The third-order valence-electron chi connectivity index (χ3n) is 4.90. The van der Waals surface area contributed by atoms with Crippen molar-refractivity contribution in [2.75, 3.05) is 36.8 Å². The van der Waals surface area contributed by atoms with Gasteiger partial charge in [-0.3, -0.25) is 14.9 Å².